The smallest absolute Gasteiger partial charge is 0.0159 e. The molecule has 4 aliphatic carbocycles. The largest absolute Gasteiger partial charge is 0.0988 e. The zero-order valence-electron chi connectivity index (χ0n) is 40.8. The highest BCUT2D eigenvalue weighted by Gasteiger charge is 2.42. The molecule has 0 heteroatoms. The van der Waals surface area contributed by atoms with Crippen molar-refractivity contribution in [2.75, 3.05) is 0 Å². The molecule has 0 aromatic heterocycles. The highest BCUT2D eigenvalue weighted by Crippen LogP contribution is 2.57. The van der Waals surface area contributed by atoms with Gasteiger partial charge < -0.3 is 0 Å². The first-order valence-corrected chi connectivity index (χ1v) is 24.2. The van der Waals surface area contributed by atoms with Crippen molar-refractivity contribution < 1.29 is 0 Å². The van der Waals surface area contributed by atoms with Crippen LogP contribution in [0.3, 0.4) is 0 Å². The monoisotopic (exact) mass is 849 g/mol. The van der Waals surface area contributed by atoms with Crippen LogP contribution in [-0.4, -0.2) is 0 Å². The lowest BCUT2D eigenvalue weighted by Gasteiger charge is -2.29. The molecule has 7 aromatic rings. The first-order valence-electron chi connectivity index (χ1n) is 24.2. The second-order valence-electron chi connectivity index (χ2n) is 21.1. The molecule has 4 aliphatic rings. The molecule has 65 heavy (non-hydrogen) atoms. The van der Waals surface area contributed by atoms with Crippen LogP contribution in [0.4, 0.5) is 0 Å². The van der Waals surface area contributed by atoms with E-state index in [2.05, 4.69) is 216 Å². The lowest BCUT2D eigenvalue weighted by Crippen LogP contribution is -2.17. The van der Waals surface area contributed by atoms with Crippen LogP contribution in [0.25, 0.3) is 55.6 Å². The van der Waals surface area contributed by atoms with Crippen molar-refractivity contribution in [2.45, 2.75) is 124 Å². The zero-order valence-corrected chi connectivity index (χ0v) is 40.8. The molecule has 0 saturated heterocycles. The molecule has 0 amide bonds. The Morgan fingerprint density at radius 3 is 1.49 bits per heavy atom. The summed E-state index contributed by atoms with van der Waals surface area (Å²) < 4.78 is 0. The third kappa shape index (κ3) is 7.58. The fraction of sp³-hybridized carbons (Fsp3) is 0.292. The van der Waals surface area contributed by atoms with E-state index < -0.39 is 0 Å². The van der Waals surface area contributed by atoms with Gasteiger partial charge in [-0.25, -0.2) is 0 Å². The molecule has 0 N–H and O–H groups in total. The number of hydrogen-bond donors (Lipinski definition) is 0. The minimum Gasteiger partial charge on any atom is -0.0988 e. The summed E-state index contributed by atoms with van der Waals surface area (Å²) in [6, 6.07) is 51.0. The molecule has 0 nitrogen and oxygen atoms in total. The minimum atomic E-state index is -0.0575. The van der Waals surface area contributed by atoms with Crippen LogP contribution in [0.5, 0.6) is 0 Å². The number of allylic oxidation sites excluding steroid dienone is 2. The number of hydrogen-bond acceptors (Lipinski definition) is 0. The van der Waals surface area contributed by atoms with E-state index in [1.165, 1.54) is 137 Å². The summed E-state index contributed by atoms with van der Waals surface area (Å²) in [7, 11) is 0. The number of rotatable bonds is 6. The fourth-order valence-corrected chi connectivity index (χ4v) is 11.4. The van der Waals surface area contributed by atoms with E-state index >= 15 is 0 Å². The van der Waals surface area contributed by atoms with Gasteiger partial charge in [0.2, 0.25) is 0 Å². The van der Waals surface area contributed by atoms with Gasteiger partial charge in [-0.1, -0.05) is 206 Å². The topological polar surface area (TPSA) is 0 Å². The average molecular weight is 849 g/mol. The number of fused-ring (bicyclic) bond motifs is 9. The van der Waals surface area contributed by atoms with E-state index in [1.54, 1.807) is 0 Å². The SMILES string of the molecule is C=CC(=C)CCC.Cc1ccc2c(c1)C(C)(C)c1cc3c(cc1-2)C(C)(C)c1cc(-c2ccc(C4CCC4)c(-c4ccccc4C)c2)ccc1-3.Cc1ccc2c(c1)C(C)(C)c1ccccc1-2. The summed E-state index contributed by atoms with van der Waals surface area (Å²) in [6.07, 6.45) is 8.05. The molecular formula is C65H68. The van der Waals surface area contributed by atoms with E-state index in [0.29, 0.717) is 5.92 Å². The summed E-state index contributed by atoms with van der Waals surface area (Å²) in [5, 5.41) is 0. The summed E-state index contributed by atoms with van der Waals surface area (Å²) in [6.45, 7) is 30.3. The Kier molecular flexibility index (Phi) is 11.4. The van der Waals surface area contributed by atoms with Gasteiger partial charge >= 0.3 is 0 Å². The molecular weight excluding hydrogens is 781 g/mol. The van der Waals surface area contributed by atoms with Crippen LogP contribution in [0.15, 0.2) is 158 Å². The maximum absolute atomic E-state index is 3.74. The zero-order chi connectivity index (χ0) is 46.0. The molecule has 0 heterocycles. The van der Waals surface area contributed by atoms with Crippen molar-refractivity contribution in [3.05, 3.63) is 214 Å². The Balaban J connectivity index is 0.000000190. The quantitative estimate of drug-likeness (QED) is 0.146. The van der Waals surface area contributed by atoms with E-state index in [9.17, 15) is 0 Å². The first-order chi connectivity index (χ1) is 31.1. The maximum atomic E-state index is 3.74. The predicted molar refractivity (Wildman–Crippen MR) is 281 cm³/mol. The van der Waals surface area contributed by atoms with Gasteiger partial charge in [0.25, 0.3) is 0 Å². The van der Waals surface area contributed by atoms with Crippen LogP contribution in [0.2, 0.25) is 0 Å². The summed E-state index contributed by atoms with van der Waals surface area (Å²) >= 11 is 0. The lowest BCUT2D eigenvalue weighted by atomic mass is 9.76. The van der Waals surface area contributed by atoms with E-state index in [1.807, 2.05) is 6.08 Å². The molecule has 328 valence electrons. The van der Waals surface area contributed by atoms with Gasteiger partial charge in [-0.3, -0.25) is 0 Å². The van der Waals surface area contributed by atoms with Crippen molar-refractivity contribution in [3.8, 4) is 55.6 Å². The molecule has 0 radical (unpaired) electrons. The second-order valence-corrected chi connectivity index (χ2v) is 21.1. The summed E-state index contributed by atoms with van der Waals surface area (Å²) in [5.74, 6) is 0.697. The standard InChI is InChI=1S/C42H40.C16H16.C7H12/c1-25-14-17-32-35-23-40-36(24-39(35)41(3,4)37(32)20-25)33-19-16-29(22-38(33)42(40,5)6)28-15-18-31(27-11-9-12-27)34(21-28)30-13-8-7-10-26(30)2;1-11-8-9-13-12-6-4-5-7-14(12)16(2,3)15(13)10-11;1-4-6-7(3)5-2/h7-8,10,13-24,27H,9,11-12H2,1-6H3;4-10H,1-3H3;5H,2-4,6H2,1H3. The van der Waals surface area contributed by atoms with Crippen LogP contribution in [-0.2, 0) is 16.2 Å². The van der Waals surface area contributed by atoms with Gasteiger partial charge in [0.1, 0.15) is 0 Å². The number of benzene rings is 7. The molecule has 1 saturated carbocycles. The van der Waals surface area contributed by atoms with E-state index in [4.69, 9.17) is 0 Å². The molecule has 0 aliphatic heterocycles. The van der Waals surface area contributed by atoms with Crippen LogP contribution in [0.1, 0.15) is 142 Å². The van der Waals surface area contributed by atoms with E-state index in [-0.39, 0.29) is 16.2 Å². The molecule has 0 unspecified atom stereocenters. The second kappa shape index (κ2) is 16.8. The third-order valence-corrected chi connectivity index (χ3v) is 15.6. The normalized spacial score (nSPS) is 15.9. The Morgan fingerprint density at radius 2 is 0.954 bits per heavy atom. The van der Waals surface area contributed by atoms with Gasteiger partial charge in [-0.2, -0.15) is 0 Å². The summed E-state index contributed by atoms with van der Waals surface area (Å²) in [4.78, 5) is 0. The Hall–Kier alpha value is -5.98. The molecule has 7 aromatic carbocycles. The van der Waals surface area contributed by atoms with Crippen molar-refractivity contribution in [1.29, 1.82) is 0 Å². The van der Waals surface area contributed by atoms with Crippen LogP contribution in [0, 0.1) is 20.8 Å². The van der Waals surface area contributed by atoms with Crippen molar-refractivity contribution in [3.63, 3.8) is 0 Å². The van der Waals surface area contributed by atoms with Crippen LogP contribution < -0.4 is 0 Å². The van der Waals surface area contributed by atoms with Gasteiger partial charge in [0.05, 0.1) is 0 Å². The Morgan fingerprint density at radius 1 is 0.492 bits per heavy atom. The molecule has 0 bridgehead atoms. The lowest BCUT2D eigenvalue weighted by molar-refractivity contribution is 0.420. The average Bonchev–Trinajstić information content (AvgIpc) is 3.74. The van der Waals surface area contributed by atoms with Crippen LogP contribution >= 0.6 is 0 Å². The van der Waals surface area contributed by atoms with Crippen molar-refractivity contribution >= 4 is 0 Å². The van der Waals surface area contributed by atoms with Gasteiger partial charge in [-0.05, 0) is 170 Å². The first kappa shape index (κ1) is 44.2. The third-order valence-electron chi connectivity index (χ3n) is 15.6. The van der Waals surface area contributed by atoms with Gasteiger partial charge in [0.15, 0.2) is 0 Å². The molecule has 0 spiro atoms. The maximum Gasteiger partial charge on any atom is 0.0159 e. The summed E-state index contributed by atoms with van der Waals surface area (Å²) in [5.41, 5.74) is 29.5. The van der Waals surface area contributed by atoms with E-state index in [0.717, 1.165) is 12.0 Å². The Labute approximate surface area is 391 Å². The highest BCUT2D eigenvalue weighted by molar-refractivity contribution is 5.91. The van der Waals surface area contributed by atoms with Gasteiger partial charge in [-0.15, -0.1) is 0 Å². The van der Waals surface area contributed by atoms with Gasteiger partial charge in [0, 0.05) is 16.2 Å². The highest BCUT2D eigenvalue weighted by atomic mass is 14.4. The molecule has 1 fully saturated rings. The minimum absolute atomic E-state index is 0.00665. The Bertz CT molecular complexity index is 3010. The van der Waals surface area contributed by atoms with Crippen molar-refractivity contribution in [2.24, 2.45) is 0 Å². The van der Waals surface area contributed by atoms with Crippen molar-refractivity contribution in [1.82, 2.24) is 0 Å². The molecule has 11 rings (SSSR count). The molecule has 0 atom stereocenters. The number of aryl methyl sites for hydroxylation is 3. The fourth-order valence-electron chi connectivity index (χ4n) is 11.4. The predicted octanol–water partition coefficient (Wildman–Crippen LogP) is 18.3.